The summed E-state index contributed by atoms with van der Waals surface area (Å²) in [6.07, 6.45) is 3.41. The van der Waals surface area contributed by atoms with E-state index in [-0.39, 0.29) is 6.10 Å². The fourth-order valence-electron chi connectivity index (χ4n) is 2.02. The Labute approximate surface area is 111 Å². The zero-order valence-electron chi connectivity index (χ0n) is 10.1. The Morgan fingerprint density at radius 3 is 2.68 bits per heavy atom. The number of hydrogen-bond acceptors (Lipinski definition) is 4. The minimum atomic E-state index is -4.05. The molecular weight excluding hydrogens is 271 g/mol. The van der Waals surface area contributed by atoms with Crippen LogP contribution in [0.5, 0.6) is 0 Å². The average Bonchev–Trinajstić information content (AvgIpc) is 2.89. The van der Waals surface area contributed by atoms with Gasteiger partial charge in [-0.15, -0.1) is 0 Å². The van der Waals surface area contributed by atoms with Crippen molar-refractivity contribution in [3.05, 3.63) is 29.6 Å². The lowest BCUT2D eigenvalue weighted by atomic mass is 10.2. The van der Waals surface area contributed by atoms with Crippen LogP contribution in [-0.2, 0) is 14.9 Å². The van der Waals surface area contributed by atoms with Gasteiger partial charge in [0, 0.05) is 0 Å². The number of nitrogens with one attached hydrogen (secondary N) is 1. The molecule has 5 nitrogen and oxygen atoms in total. The first-order valence-electron chi connectivity index (χ1n) is 5.90. The zero-order valence-corrected chi connectivity index (χ0v) is 10.9. The van der Waals surface area contributed by atoms with Gasteiger partial charge in [0.1, 0.15) is 22.3 Å². The van der Waals surface area contributed by atoms with Crippen molar-refractivity contribution in [3.63, 3.8) is 0 Å². The molecule has 1 fully saturated rings. The van der Waals surface area contributed by atoms with E-state index in [1.54, 1.807) is 6.07 Å². The van der Waals surface area contributed by atoms with Crippen LogP contribution in [-0.4, -0.2) is 14.5 Å². The molecule has 0 saturated heterocycles. The van der Waals surface area contributed by atoms with Crippen LogP contribution in [0.4, 0.5) is 4.39 Å². The van der Waals surface area contributed by atoms with E-state index in [4.69, 9.17) is 10.1 Å². The van der Waals surface area contributed by atoms with Crippen LogP contribution in [0.3, 0.4) is 0 Å². The first kappa shape index (κ1) is 13.9. The van der Waals surface area contributed by atoms with Gasteiger partial charge in [0.25, 0.3) is 10.0 Å². The lowest BCUT2D eigenvalue weighted by Gasteiger charge is -2.12. The number of nitriles is 1. The summed E-state index contributed by atoms with van der Waals surface area (Å²) in [4.78, 5) is 6.66. The summed E-state index contributed by atoms with van der Waals surface area (Å²) in [5.74, 6) is -0.869. The number of benzene rings is 1. The molecule has 19 heavy (non-hydrogen) atoms. The first-order chi connectivity index (χ1) is 9.04. The molecule has 7 heteroatoms. The van der Waals surface area contributed by atoms with Crippen LogP contribution >= 0.6 is 0 Å². The highest BCUT2D eigenvalue weighted by atomic mass is 32.2. The van der Waals surface area contributed by atoms with E-state index in [1.165, 1.54) is 12.1 Å². The van der Waals surface area contributed by atoms with Gasteiger partial charge in [-0.1, -0.05) is 23.8 Å². The summed E-state index contributed by atoms with van der Waals surface area (Å²) in [6, 6.07) is 4.99. The smallest absolute Gasteiger partial charge is 0.263 e. The Balaban J connectivity index is 2.20. The van der Waals surface area contributed by atoms with Crippen LogP contribution in [0, 0.1) is 17.1 Å². The molecule has 1 aliphatic rings. The second kappa shape index (κ2) is 5.65. The van der Waals surface area contributed by atoms with E-state index in [0.29, 0.717) is 0 Å². The van der Waals surface area contributed by atoms with Crippen molar-refractivity contribution in [2.45, 2.75) is 36.7 Å². The molecule has 1 aromatic rings. The van der Waals surface area contributed by atoms with Gasteiger partial charge >= 0.3 is 0 Å². The first-order valence-corrected chi connectivity index (χ1v) is 7.39. The number of halogens is 1. The maximum atomic E-state index is 13.4. The third-order valence-electron chi connectivity index (χ3n) is 3.00. The average molecular weight is 284 g/mol. The highest BCUT2D eigenvalue weighted by Crippen LogP contribution is 2.22. The molecule has 0 unspecified atom stereocenters. The molecule has 0 bridgehead atoms. The standard InChI is InChI=1S/C12H13FN2O3S/c13-11-6-3-7-12(10(11)8-14)19(16,17)15-18-9-4-1-2-5-9/h3,6-7,9,15H,1-2,4-5H2. The van der Waals surface area contributed by atoms with E-state index < -0.39 is 26.3 Å². The molecule has 0 heterocycles. The van der Waals surface area contributed by atoms with Gasteiger partial charge in [0.2, 0.25) is 0 Å². The van der Waals surface area contributed by atoms with Crippen molar-refractivity contribution in [2.24, 2.45) is 0 Å². The van der Waals surface area contributed by atoms with Crippen molar-refractivity contribution in [1.82, 2.24) is 4.89 Å². The van der Waals surface area contributed by atoms with Gasteiger partial charge in [-0.05, 0) is 25.0 Å². The second-order valence-electron chi connectivity index (χ2n) is 4.34. The van der Waals surface area contributed by atoms with Gasteiger partial charge in [0.05, 0.1) is 6.10 Å². The highest BCUT2D eigenvalue weighted by Gasteiger charge is 2.24. The Kier molecular flexibility index (Phi) is 4.14. The minimum Gasteiger partial charge on any atom is -0.284 e. The third-order valence-corrected chi connectivity index (χ3v) is 4.24. The van der Waals surface area contributed by atoms with Gasteiger partial charge < -0.3 is 0 Å². The van der Waals surface area contributed by atoms with E-state index >= 15 is 0 Å². The molecule has 102 valence electrons. The van der Waals surface area contributed by atoms with Crippen molar-refractivity contribution >= 4 is 10.0 Å². The van der Waals surface area contributed by atoms with E-state index in [2.05, 4.69) is 0 Å². The molecular formula is C12H13FN2O3S. The van der Waals surface area contributed by atoms with Crippen LogP contribution in [0.25, 0.3) is 0 Å². The SMILES string of the molecule is N#Cc1c(F)cccc1S(=O)(=O)NOC1CCCC1. The number of nitrogens with zero attached hydrogens (tertiary/aromatic N) is 1. The molecule has 2 rings (SSSR count). The molecule has 1 N–H and O–H groups in total. The molecule has 1 aliphatic carbocycles. The minimum absolute atomic E-state index is 0.158. The summed E-state index contributed by atoms with van der Waals surface area (Å²) < 4.78 is 37.3. The van der Waals surface area contributed by atoms with E-state index in [1.807, 2.05) is 4.89 Å². The predicted octanol–water partition coefficient (Wildman–Crippen LogP) is 1.85. The lowest BCUT2D eigenvalue weighted by molar-refractivity contribution is 0.0223. The van der Waals surface area contributed by atoms with Crippen LogP contribution in [0.2, 0.25) is 0 Å². The maximum absolute atomic E-state index is 13.4. The lowest BCUT2D eigenvalue weighted by Crippen LogP contribution is -2.29. The summed E-state index contributed by atoms with van der Waals surface area (Å²) in [5.41, 5.74) is -0.509. The van der Waals surface area contributed by atoms with Crippen LogP contribution < -0.4 is 4.89 Å². The molecule has 0 radical (unpaired) electrons. The summed E-state index contributed by atoms with van der Waals surface area (Å²) in [6.45, 7) is 0. The van der Waals surface area contributed by atoms with Crippen molar-refractivity contribution in [2.75, 3.05) is 0 Å². The van der Waals surface area contributed by atoms with Gasteiger partial charge in [0.15, 0.2) is 0 Å². The van der Waals surface area contributed by atoms with Crippen molar-refractivity contribution in [1.29, 1.82) is 5.26 Å². The monoisotopic (exact) mass is 284 g/mol. The van der Waals surface area contributed by atoms with E-state index in [9.17, 15) is 12.8 Å². The Hall–Kier alpha value is -1.49. The Bertz CT molecular complexity index is 604. The largest absolute Gasteiger partial charge is 0.284 e. The fraction of sp³-hybridized carbons (Fsp3) is 0.417. The quantitative estimate of drug-likeness (QED) is 0.856. The van der Waals surface area contributed by atoms with Gasteiger partial charge in [-0.25, -0.2) is 12.8 Å². The van der Waals surface area contributed by atoms with Crippen LogP contribution in [0.1, 0.15) is 31.2 Å². The predicted molar refractivity (Wildman–Crippen MR) is 64.8 cm³/mol. The molecule has 0 aromatic heterocycles. The van der Waals surface area contributed by atoms with Gasteiger partial charge in [-0.3, -0.25) is 4.84 Å². The van der Waals surface area contributed by atoms with Crippen molar-refractivity contribution in [3.8, 4) is 6.07 Å². The van der Waals surface area contributed by atoms with Gasteiger partial charge in [-0.2, -0.15) is 5.26 Å². The highest BCUT2D eigenvalue weighted by molar-refractivity contribution is 7.89. The normalized spacial score (nSPS) is 16.4. The molecule has 1 saturated carbocycles. The fourth-order valence-corrected chi connectivity index (χ4v) is 3.04. The zero-order chi connectivity index (χ0) is 13.9. The molecule has 0 atom stereocenters. The van der Waals surface area contributed by atoms with Crippen LogP contribution in [0.15, 0.2) is 23.1 Å². The summed E-state index contributed by atoms with van der Waals surface area (Å²) >= 11 is 0. The number of hydrogen-bond donors (Lipinski definition) is 1. The maximum Gasteiger partial charge on any atom is 0.263 e. The van der Waals surface area contributed by atoms with E-state index in [0.717, 1.165) is 31.7 Å². The second-order valence-corrected chi connectivity index (χ2v) is 5.95. The molecule has 0 amide bonds. The molecule has 1 aromatic carbocycles. The Morgan fingerprint density at radius 2 is 2.05 bits per heavy atom. The topological polar surface area (TPSA) is 79.2 Å². The van der Waals surface area contributed by atoms with Crippen molar-refractivity contribution < 1.29 is 17.6 Å². The molecule has 0 spiro atoms. The number of sulfonamides is 1. The molecule has 0 aliphatic heterocycles. The Morgan fingerprint density at radius 1 is 1.37 bits per heavy atom. The third kappa shape index (κ3) is 3.10. The summed E-state index contributed by atoms with van der Waals surface area (Å²) in [7, 11) is -4.05. The number of rotatable bonds is 4. The summed E-state index contributed by atoms with van der Waals surface area (Å²) in [5, 5.41) is 8.82.